The van der Waals surface area contributed by atoms with Crippen molar-refractivity contribution in [2.24, 2.45) is 11.7 Å². The number of nitrogens with zero attached hydrogens (tertiary/aromatic N) is 4. The van der Waals surface area contributed by atoms with Crippen molar-refractivity contribution in [2.45, 2.75) is 56.9 Å². The number of ether oxygens (including phenoxy) is 1. The lowest BCUT2D eigenvalue weighted by molar-refractivity contribution is 0.133. The van der Waals surface area contributed by atoms with Crippen LogP contribution in [0.25, 0.3) is 16.8 Å². The summed E-state index contributed by atoms with van der Waals surface area (Å²) in [5.74, 6) is -0.872. The van der Waals surface area contributed by atoms with Gasteiger partial charge in [-0.05, 0) is 78.6 Å². The summed E-state index contributed by atoms with van der Waals surface area (Å²) in [6, 6.07) is 7.31. The van der Waals surface area contributed by atoms with Gasteiger partial charge in [-0.15, -0.1) is 0 Å². The molecule has 5 rings (SSSR count). The van der Waals surface area contributed by atoms with Gasteiger partial charge >= 0.3 is 0 Å². The fourth-order valence-corrected chi connectivity index (χ4v) is 7.77. The summed E-state index contributed by atoms with van der Waals surface area (Å²) in [6.45, 7) is 4.32. The normalized spacial score (nSPS) is 21.6. The third-order valence-electron chi connectivity index (χ3n) is 7.71. The van der Waals surface area contributed by atoms with E-state index in [9.17, 15) is 8.42 Å². The molecule has 0 bridgehead atoms. The van der Waals surface area contributed by atoms with Gasteiger partial charge in [0.25, 0.3) is 0 Å². The van der Waals surface area contributed by atoms with Gasteiger partial charge in [0.2, 0.25) is 0 Å². The second-order valence-corrected chi connectivity index (χ2v) is 12.9. The average Bonchev–Trinajstić information content (AvgIpc) is 3.28. The molecule has 212 valence electrons. The van der Waals surface area contributed by atoms with E-state index >= 15 is 8.78 Å². The van der Waals surface area contributed by atoms with Crippen molar-refractivity contribution in [3.63, 3.8) is 0 Å². The first-order valence-corrected chi connectivity index (χ1v) is 15.3. The van der Waals surface area contributed by atoms with E-state index < -0.39 is 32.8 Å². The molecule has 1 unspecified atom stereocenters. The molecule has 2 N–H and O–H groups in total. The Morgan fingerprint density at radius 2 is 1.88 bits per heavy atom. The van der Waals surface area contributed by atoms with E-state index in [0.29, 0.717) is 42.8 Å². The maximum absolute atomic E-state index is 15.0. The summed E-state index contributed by atoms with van der Waals surface area (Å²) in [5.41, 5.74) is 9.37. The highest BCUT2D eigenvalue weighted by atomic mass is 32.2. The Balaban J connectivity index is 1.46. The first kappa shape index (κ1) is 28.3. The molecule has 8 nitrogen and oxygen atoms in total. The van der Waals surface area contributed by atoms with Crippen LogP contribution in [0.4, 0.5) is 8.78 Å². The van der Waals surface area contributed by atoms with Crippen molar-refractivity contribution in [3.05, 3.63) is 83.1 Å². The van der Waals surface area contributed by atoms with E-state index in [4.69, 9.17) is 10.5 Å². The predicted octanol–water partition coefficient (Wildman–Crippen LogP) is 4.45. The standard InChI is InChI=1S/C29H33F2N5O3S/c1-4-39-16-18-10-23(30)28(24(31)11-18)26-6-5-21-15-34-27(36(21)35-26)13-20-14-33-8-7-22(20)19-9-17(2)29(25(32)12-19)40(3,37)38/h5-8,10-11,14-15,17,19,25,29H,4,9,12-13,16,32H2,1-3H3/t17-,19?,25+,29+/m0/s1. The van der Waals surface area contributed by atoms with Gasteiger partial charge in [-0.1, -0.05) is 6.92 Å². The molecular weight excluding hydrogens is 536 g/mol. The molecule has 0 amide bonds. The van der Waals surface area contributed by atoms with Crippen LogP contribution in [0.3, 0.4) is 0 Å². The monoisotopic (exact) mass is 569 g/mol. The van der Waals surface area contributed by atoms with Gasteiger partial charge in [0.15, 0.2) is 9.84 Å². The Morgan fingerprint density at radius 3 is 2.55 bits per heavy atom. The van der Waals surface area contributed by atoms with Crippen molar-refractivity contribution in [1.82, 2.24) is 19.6 Å². The number of hydrogen-bond donors (Lipinski definition) is 1. The van der Waals surface area contributed by atoms with Crippen LogP contribution in [0.1, 0.15) is 55.1 Å². The molecule has 0 saturated heterocycles. The molecule has 3 heterocycles. The molecule has 0 aliphatic heterocycles. The van der Waals surface area contributed by atoms with Crippen molar-refractivity contribution < 1.29 is 21.9 Å². The highest BCUT2D eigenvalue weighted by Gasteiger charge is 2.40. The third-order valence-corrected chi connectivity index (χ3v) is 9.51. The van der Waals surface area contributed by atoms with Gasteiger partial charge in [-0.3, -0.25) is 4.98 Å². The Kier molecular flexibility index (Phi) is 7.98. The van der Waals surface area contributed by atoms with Crippen LogP contribution in [0.15, 0.2) is 48.9 Å². The minimum Gasteiger partial charge on any atom is -0.377 e. The maximum Gasteiger partial charge on any atom is 0.152 e. The number of halogens is 2. The summed E-state index contributed by atoms with van der Waals surface area (Å²) in [5, 5.41) is 3.99. The quantitative estimate of drug-likeness (QED) is 0.334. The molecule has 4 atom stereocenters. The van der Waals surface area contributed by atoms with Crippen molar-refractivity contribution in [3.8, 4) is 11.3 Å². The number of pyridine rings is 1. The number of sulfone groups is 1. The van der Waals surface area contributed by atoms with Crippen molar-refractivity contribution in [1.29, 1.82) is 0 Å². The lowest BCUT2D eigenvalue weighted by Gasteiger charge is -2.38. The topological polar surface area (TPSA) is 112 Å². The minimum atomic E-state index is -3.26. The Hall–Kier alpha value is -3.28. The first-order valence-electron chi connectivity index (χ1n) is 13.3. The second-order valence-electron chi connectivity index (χ2n) is 10.7. The number of imidazole rings is 1. The van der Waals surface area contributed by atoms with Crippen LogP contribution in [0, 0.1) is 17.6 Å². The molecule has 0 spiro atoms. The molecule has 1 fully saturated rings. The molecule has 11 heteroatoms. The first-order chi connectivity index (χ1) is 19.1. The number of benzene rings is 1. The van der Waals surface area contributed by atoms with Gasteiger partial charge in [-0.2, -0.15) is 5.10 Å². The molecule has 1 aliphatic carbocycles. The van der Waals surface area contributed by atoms with Crippen LogP contribution in [-0.2, 0) is 27.6 Å². The lowest BCUT2D eigenvalue weighted by atomic mass is 9.75. The highest BCUT2D eigenvalue weighted by molar-refractivity contribution is 7.91. The Bertz CT molecular complexity index is 1610. The van der Waals surface area contributed by atoms with Crippen molar-refractivity contribution in [2.75, 3.05) is 12.9 Å². The van der Waals surface area contributed by atoms with E-state index in [2.05, 4.69) is 15.1 Å². The average molecular weight is 570 g/mol. The van der Waals surface area contributed by atoms with Gasteiger partial charge in [0, 0.05) is 37.7 Å². The Morgan fingerprint density at radius 1 is 1.12 bits per heavy atom. The molecule has 40 heavy (non-hydrogen) atoms. The SMILES string of the molecule is CCOCc1cc(F)c(-c2ccc3cnc(Cc4cnccc4C4C[C@@H](N)[C@H](S(C)(=O)=O)[C@@H](C)C4)n3n2)c(F)c1. The van der Waals surface area contributed by atoms with Crippen LogP contribution in [0.5, 0.6) is 0 Å². The van der Waals surface area contributed by atoms with Gasteiger partial charge in [0.05, 0.1) is 34.8 Å². The molecule has 1 saturated carbocycles. The summed E-state index contributed by atoms with van der Waals surface area (Å²) in [7, 11) is -3.26. The number of fused-ring (bicyclic) bond motifs is 1. The minimum absolute atomic E-state index is 0.0640. The van der Waals surface area contributed by atoms with Gasteiger partial charge < -0.3 is 10.5 Å². The van der Waals surface area contributed by atoms with Gasteiger partial charge in [-0.25, -0.2) is 26.7 Å². The fourth-order valence-electron chi connectivity index (χ4n) is 6.07. The zero-order chi connectivity index (χ0) is 28.6. The summed E-state index contributed by atoms with van der Waals surface area (Å²) in [6.07, 6.45) is 8.02. The third kappa shape index (κ3) is 5.63. The smallest absolute Gasteiger partial charge is 0.152 e. The van der Waals surface area contributed by atoms with Crippen molar-refractivity contribution >= 4 is 15.4 Å². The molecule has 1 aromatic carbocycles. The lowest BCUT2D eigenvalue weighted by Crippen LogP contribution is -2.48. The summed E-state index contributed by atoms with van der Waals surface area (Å²) < 4.78 is 61.5. The van der Waals surface area contributed by atoms with E-state index in [0.717, 1.165) is 11.1 Å². The van der Waals surface area contributed by atoms with E-state index in [-0.39, 0.29) is 29.7 Å². The number of hydrogen-bond acceptors (Lipinski definition) is 7. The van der Waals surface area contributed by atoms with Crippen LogP contribution in [-0.4, -0.2) is 52.2 Å². The molecule has 4 aromatic rings. The van der Waals surface area contributed by atoms with E-state index in [1.807, 2.05) is 19.9 Å². The number of nitrogens with two attached hydrogens (primary N) is 1. The van der Waals surface area contributed by atoms with E-state index in [1.54, 1.807) is 35.2 Å². The zero-order valence-electron chi connectivity index (χ0n) is 22.7. The number of aromatic nitrogens is 4. The largest absolute Gasteiger partial charge is 0.377 e. The summed E-state index contributed by atoms with van der Waals surface area (Å²) in [4.78, 5) is 8.86. The van der Waals surface area contributed by atoms with Crippen LogP contribution >= 0.6 is 0 Å². The summed E-state index contributed by atoms with van der Waals surface area (Å²) >= 11 is 0. The maximum atomic E-state index is 15.0. The molecule has 0 radical (unpaired) electrons. The predicted molar refractivity (Wildman–Crippen MR) is 148 cm³/mol. The number of rotatable bonds is 8. The van der Waals surface area contributed by atoms with Gasteiger partial charge in [0.1, 0.15) is 17.5 Å². The zero-order valence-corrected chi connectivity index (χ0v) is 23.5. The molecule has 1 aliphatic rings. The molecule has 3 aromatic heterocycles. The van der Waals surface area contributed by atoms with Crippen LogP contribution < -0.4 is 5.73 Å². The fraction of sp³-hybridized carbons (Fsp3) is 0.414. The Labute approximate surface area is 232 Å². The highest BCUT2D eigenvalue weighted by Crippen LogP contribution is 2.39. The van der Waals surface area contributed by atoms with Crippen LogP contribution in [0.2, 0.25) is 0 Å². The van der Waals surface area contributed by atoms with E-state index in [1.165, 1.54) is 18.4 Å². The molecular formula is C29H33F2N5O3S. The second kappa shape index (κ2) is 11.3.